The summed E-state index contributed by atoms with van der Waals surface area (Å²) in [5.41, 5.74) is 6.40. The molecule has 0 saturated heterocycles. The van der Waals surface area contributed by atoms with E-state index in [-0.39, 0.29) is 5.56 Å². The number of pyridine rings is 1. The molecule has 2 aromatic heterocycles. The fourth-order valence-corrected chi connectivity index (χ4v) is 2.48. The third-order valence-electron chi connectivity index (χ3n) is 2.79. The van der Waals surface area contributed by atoms with Crippen LogP contribution in [0.3, 0.4) is 0 Å². The number of anilines is 1. The average Bonchev–Trinajstić information content (AvgIpc) is 2.79. The van der Waals surface area contributed by atoms with Crippen LogP contribution in [0.15, 0.2) is 46.7 Å². The number of nitrogens with two attached hydrogens (primary N) is 1. The van der Waals surface area contributed by atoms with Gasteiger partial charge in [0.2, 0.25) is 0 Å². The molecule has 3 aromatic rings. The molecule has 0 unspecified atom stereocenters. The molecule has 3 rings (SSSR count). The Balaban J connectivity index is 2.08. The predicted octanol–water partition coefficient (Wildman–Crippen LogP) is 2.09. The number of nitrogens with zero attached hydrogens (tertiary/aromatic N) is 2. The molecular weight excluding hydrogens is 246 g/mol. The second-order valence-electron chi connectivity index (χ2n) is 4.01. The second-order valence-corrected chi connectivity index (χ2v) is 4.90. The molecule has 4 nitrogen and oxygen atoms in total. The average molecular weight is 257 g/mol. The van der Waals surface area contributed by atoms with Crippen LogP contribution < -0.4 is 11.3 Å². The van der Waals surface area contributed by atoms with Crippen LogP contribution in [0.4, 0.5) is 5.13 Å². The summed E-state index contributed by atoms with van der Waals surface area (Å²) < 4.78 is 1.65. The van der Waals surface area contributed by atoms with E-state index >= 15 is 0 Å². The van der Waals surface area contributed by atoms with Crippen molar-refractivity contribution < 1.29 is 0 Å². The molecule has 1 aromatic carbocycles. The quantitative estimate of drug-likeness (QED) is 0.764. The van der Waals surface area contributed by atoms with Crippen molar-refractivity contribution in [1.29, 1.82) is 0 Å². The van der Waals surface area contributed by atoms with Crippen LogP contribution in [0.1, 0.15) is 5.69 Å². The largest absolute Gasteiger partial charge is 0.375 e. The number of benzene rings is 1. The summed E-state index contributed by atoms with van der Waals surface area (Å²) in [7, 11) is 0. The molecule has 5 heteroatoms. The number of hydrogen-bond donors (Lipinski definition) is 1. The molecule has 2 heterocycles. The Morgan fingerprint density at radius 1 is 1.28 bits per heavy atom. The first-order chi connectivity index (χ1) is 8.74. The SMILES string of the molecule is Nc1nc(Cn2ccc3ccccc3c2=O)cs1. The molecule has 0 aliphatic heterocycles. The Morgan fingerprint density at radius 2 is 2.11 bits per heavy atom. The van der Waals surface area contributed by atoms with Crippen LogP contribution in [-0.2, 0) is 6.54 Å². The van der Waals surface area contributed by atoms with E-state index in [4.69, 9.17) is 5.73 Å². The molecule has 18 heavy (non-hydrogen) atoms. The molecule has 0 radical (unpaired) electrons. The summed E-state index contributed by atoms with van der Waals surface area (Å²) >= 11 is 1.38. The smallest absolute Gasteiger partial charge is 0.258 e. The van der Waals surface area contributed by atoms with Crippen molar-refractivity contribution in [3.8, 4) is 0 Å². The fraction of sp³-hybridized carbons (Fsp3) is 0.0769. The fourth-order valence-electron chi connectivity index (χ4n) is 1.92. The van der Waals surface area contributed by atoms with E-state index in [1.165, 1.54) is 11.3 Å². The Morgan fingerprint density at radius 3 is 2.89 bits per heavy atom. The predicted molar refractivity (Wildman–Crippen MR) is 73.8 cm³/mol. The monoisotopic (exact) mass is 257 g/mol. The van der Waals surface area contributed by atoms with Crippen molar-refractivity contribution in [2.24, 2.45) is 0 Å². The van der Waals surface area contributed by atoms with Gasteiger partial charge in [-0.25, -0.2) is 4.98 Å². The summed E-state index contributed by atoms with van der Waals surface area (Å²) in [5.74, 6) is 0. The van der Waals surface area contributed by atoms with Crippen LogP contribution in [-0.4, -0.2) is 9.55 Å². The van der Waals surface area contributed by atoms with Gasteiger partial charge >= 0.3 is 0 Å². The van der Waals surface area contributed by atoms with Gasteiger partial charge in [0.15, 0.2) is 5.13 Å². The highest BCUT2D eigenvalue weighted by atomic mass is 32.1. The van der Waals surface area contributed by atoms with Gasteiger partial charge in [0, 0.05) is 17.0 Å². The van der Waals surface area contributed by atoms with E-state index in [9.17, 15) is 4.79 Å². The summed E-state index contributed by atoms with van der Waals surface area (Å²) in [5, 5.41) is 4.08. The highest BCUT2D eigenvalue weighted by Crippen LogP contribution is 2.13. The molecular formula is C13H11N3OS. The Kier molecular flexibility index (Phi) is 2.60. The zero-order valence-electron chi connectivity index (χ0n) is 9.54. The molecule has 0 atom stereocenters. The van der Waals surface area contributed by atoms with E-state index in [0.29, 0.717) is 11.7 Å². The van der Waals surface area contributed by atoms with Crippen LogP contribution in [0.2, 0.25) is 0 Å². The van der Waals surface area contributed by atoms with E-state index in [2.05, 4.69) is 4.98 Å². The minimum Gasteiger partial charge on any atom is -0.375 e. The number of hydrogen-bond acceptors (Lipinski definition) is 4. The number of rotatable bonds is 2. The van der Waals surface area contributed by atoms with E-state index in [1.54, 1.807) is 10.8 Å². The molecule has 0 amide bonds. The lowest BCUT2D eigenvalue weighted by Gasteiger charge is -2.05. The number of nitrogen functional groups attached to an aromatic ring is 1. The van der Waals surface area contributed by atoms with Gasteiger partial charge in [0.05, 0.1) is 12.2 Å². The standard InChI is InChI=1S/C13H11N3OS/c14-13-15-10(8-18-13)7-16-6-5-9-3-1-2-4-11(9)12(16)17/h1-6,8H,7H2,(H2,14,15). The van der Waals surface area contributed by atoms with Crippen LogP contribution in [0.25, 0.3) is 10.8 Å². The third kappa shape index (κ3) is 1.89. The molecule has 0 aliphatic carbocycles. The third-order valence-corrected chi connectivity index (χ3v) is 3.51. The van der Waals surface area contributed by atoms with Crippen LogP contribution in [0.5, 0.6) is 0 Å². The highest BCUT2D eigenvalue weighted by Gasteiger charge is 2.04. The summed E-state index contributed by atoms with van der Waals surface area (Å²) in [6, 6.07) is 9.50. The van der Waals surface area contributed by atoms with Gasteiger partial charge in [0.25, 0.3) is 5.56 Å². The van der Waals surface area contributed by atoms with E-state index < -0.39 is 0 Å². The van der Waals surface area contributed by atoms with Gasteiger partial charge in [-0.2, -0.15) is 0 Å². The molecule has 0 bridgehead atoms. The van der Waals surface area contributed by atoms with Crippen LogP contribution >= 0.6 is 11.3 Å². The van der Waals surface area contributed by atoms with Crippen LogP contribution in [0, 0.1) is 0 Å². The highest BCUT2D eigenvalue weighted by molar-refractivity contribution is 7.13. The lowest BCUT2D eigenvalue weighted by molar-refractivity contribution is 0.752. The zero-order valence-corrected chi connectivity index (χ0v) is 10.4. The zero-order chi connectivity index (χ0) is 12.5. The lowest BCUT2D eigenvalue weighted by atomic mass is 10.2. The van der Waals surface area contributed by atoms with Crippen molar-refractivity contribution in [1.82, 2.24) is 9.55 Å². The maximum atomic E-state index is 12.2. The maximum absolute atomic E-state index is 12.2. The molecule has 0 aliphatic rings. The summed E-state index contributed by atoms with van der Waals surface area (Å²) in [6.07, 6.45) is 1.79. The molecule has 0 saturated carbocycles. The number of thiazole rings is 1. The van der Waals surface area contributed by atoms with Gasteiger partial charge < -0.3 is 10.3 Å². The molecule has 0 fully saturated rings. The molecule has 0 spiro atoms. The molecule has 2 N–H and O–H groups in total. The van der Waals surface area contributed by atoms with Crippen molar-refractivity contribution in [3.63, 3.8) is 0 Å². The summed E-state index contributed by atoms with van der Waals surface area (Å²) in [4.78, 5) is 16.4. The first-order valence-electron chi connectivity index (χ1n) is 5.52. The summed E-state index contributed by atoms with van der Waals surface area (Å²) in [6.45, 7) is 0.456. The Labute approximate surface area is 107 Å². The van der Waals surface area contributed by atoms with Crippen molar-refractivity contribution in [2.75, 3.05) is 5.73 Å². The minimum absolute atomic E-state index is 0.000304. The van der Waals surface area contributed by atoms with E-state index in [0.717, 1.165) is 16.5 Å². The first-order valence-corrected chi connectivity index (χ1v) is 6.40. The Bertz CT molecular complexity index is 760. The number of aromatic nitrogens is 2. The molecule has 90 valence electrons. The van der Waals surface area contributed by atoms with Gasteiger partial charge in [-0.3, -0.25) is 4.79 Å². The van der Waals surface area contributed by atoms with Gasteiger partial charge in [-0.05, 0) is 17.5 Å². The van der Waals surface area contributed by atoms with Crippen molar-refractivity contribution in [2.45, 2.75) is 6.54 Å². The first kappa shape index (κ1) is 11.0. The topological polar surface area (TPSA) is 60.9 Å². The maximum Gasteiger partial charge on any atom is 0.258 e. The van der Waals surface area contributed by atoms with Gasteiger partial charge in [-0.15, -0.1) is 11.3 Å². The normalized spacial score (nSPS) is 10.9. The lowest BCUT2D eigenvalue weighted by Crippen LogP contribution is -2.20. The Hall–Kier alpha value is -2.14. The van der Waals surface area contributed by atoms with Crippen molar-refractivity contribution in [3.05, 3.63) is 58.0 Å². The van der Waals surface area contributed by atoms with Crippen molar-refractivity contribution >= 4 is 27.2 Å². The second kappa shape index (κ2) is 4.27. The van der Waals surface area contributed by atoms with E-state index in [1.807, 2.05) is 35.7 Å². The number of fused-ring (bicyclic) bond motifs is 1. The minimum atomic E-state index is -0.000304. The van der Waals surface area contributed by atoms with Gasteiger partial charge in [-0.1, -0.05) is 18.2 Å². The van der Waals surface area contributed by atoms with Gasteiger partial charge in [0.1, 0.15) is 0 Å².